The second kappa shape index (κ2) is 6.54. The smallest absolute Gasteiger partial charge is 0.324 e. The highest BCUT2D eigenvalue weighted by Gasteiger charge is 2.42. The summed E-state index contributed by atoms with van der Waals surface area (Å²) < 4.78 is 40.1. The van der Waals surface area contributed by atoms with E-state index in [4.69, 9.17) is 0 Å². The number of rotatable bonds is 2. The number of aromatic nitrogens is 2. The summed E-state index contributed by atoms with van der Waals surface area (Å²) in [5, 5.41) is 6.75. The Bertz CT molecular complexity index is 699. The van der Waals surface area contributed by atoms with Gasteiger partial charge in [-0.05, 0) is 25.0 Å². The average Bonchev–Trinajstić information content (AvgIpc) is 3.03. The van der Waals surface area contributed by atoms with E-state index in [0.29, 0.717) is 18.7 Å². The van der Waals surface area contributed by atoms with Crippen LogP contribution in [-0.4, -0.2) is 40.0 Å². The third kappa shape index (κ3) is 3.69. The Morgan fingerprint density at radius 2 is 2.00 bits per heavy atom. The molecule has 2 aromatic rings. The summed E-state index contributed by atoms with van der Waals surface area (Å²) in [7, 11) is 0. The fraction of sp³-hybridized carbons (Fsp3) is 0.375. The molecule has 3 rings (SSSR count). The molecule has 1 N–H and O–H groups in total. The second-order valence-corrected chi connectivity index (χ2v) is 5.77. The van der Waals surface area contributed by atoms with E-state index in [1.807, 2.05) is 30.3 Å². The number of anilines is 1. The molecule has 1 fully saturated rings. The van der Waals surface area contributed by atoms with Crippen LogP contribution in [-0.2, 0) is 0 Å². The maximum atomic E-state index is 12.8. The summed E-state index contributed by atoms with van der Waals surface area (Å²) in [6.45, 7) is 0.0212. The number of urea groups is 1. The van der Waals surface area contributed by atoms with Gasteiger partial charge in [0, 0.05) is 13.1 Å². The van der Waals surface area contributed by atoms with Crippen molar-refractivity contribution >= 4 is 11.7 Å². The number of amides is 2. The molecular weight excluding hydrogens is 321 g/mol. The number of hydrogen-bond acceptors (Lipinski definition) is 2. The van der Waals surface area contributed by atoms with Crippen molar-refractivity contribution in [2.75, 3.05) is 18.4 Å². The molecule has 5 nitrogen and oxygen atoms in total. The zero-order valence-corrected chi connectivity index (χ0v) is 12.8. The first kappa shape index (κ1) is 16.4. The molecule has 1 aromatic carbocycles. The number of carbonyl (C=O) groups is 1. The largest absolute Gasteiger partial charge is 0.393 e. The van der Waals surface area contributed by atoms with Gasteiger partial charge in [0.2, 0.25) is 0 Å². The van der Waals surface area contributed by atoms with Crippen LogP contribution in [0.2, 0.25) is 0 Å². The van der Waals surface area contributed by atoms with E-state index in [2.05, 4.69) is 10.4 Å². The molecule has 1 atom stereocenters. The molecule has 128 valence electrons. The van der Waals surface area contributed by atoms with Gasteiger partial charge in [-0.15, -0.1) is 0 Å². The van der Waals surface area contributed by atoms with Crippen molar-refractivity contribution in [3.05, 3.63) is 42.7 Å². The molecule has 0 bridgehead atoms. The normalized spacial score (nSPS) is 18.5. The van der Waals surface area contributed by atoms with Gasteiger partial charge < -0.3 is 10.2 Å². The number of alkyl halides is 3. The molecule has 2 amide bonds. The summed E-state index contributed by atoms with van der Waals surface area (Å²) in [6, 6.07) is 8.79. The first-order valence-electron chi connectivity index (χ1n) is 7.66. The van der Waals surface area contributed by atoms with Gasteiger partial charge in [-0.1, -0.05) is 18.2 Å². The van der Waals surface area contributed by atoms with Crippen LogP contribution in [0.4, 0.5) is 23.7 Å². The van der Waals surface area contributed by atoms with Crippen LogP contribution < -0.4 is 5.32 Å². The van der Waals surface area contributed by atoms with Crippen LogP contribution in [0.3, 0.4) is 0 Å². The van der Waals surface area contributed by atoms with Gasteiger partial charge in [0.05, 0.1) is 29.7 Å². The van der Waals surface area contributed by atoms with Crippen molar-refractivity contribution in [2.45, 2.75) is 19.0 Å². The van der Waals surface area contributed by atoms with E-state index >= 15 is 0 Å². The van der Waals surface area contributed by atoms with Crippen LogP contribution in [0.1, 0.15) is 12.8 Å². The minimum Gasteiger partial charge on any atom is -0.324 e. The fourth-order valence-corrected chi connectivity index (χ4v) is 2.74. The highest BCUT2D eigenvalue weighted by Crippen LogP contribution is 2.33. The first-order chi connectivity index (χ1) is 11.4. The molecular formula is C16H17F3N4O. The number of hydrogen-bond donors (Lipinski definition) is 1. The molecule has 0 spiro atoms. The molecule has 1 aromatic heterocycles. The lowest BCUT2D eigenvalue weighted by Crippen LogP contribution is -2.46. The minimum atomic E-state index is -4.27. The van der Waals surface area contributed by atoms with E-state index in [-0.39, 0.29) is 13.0 Å². The van der Waals surface area contributed by atoms with Gasteiger partial charge in [0.1, 0.15) is 0 Å². The number of halogens is 3. The van der Waals surface area contributed by atoms with Gasteiger partial charge in [0.25, 0.3) is 0 Å². The predicted octanol–water partition coefficient (Wildman–Crippen LogP) is 3.68. The molecule has 0 radical (unpaired) electrons. The SMILES string of the molecule is O=C(Nc1cnn(-c2ccccc2)c1)N1CCC[C@H](C(F)(F)F)C1. The van der Waals surface area contributed by atoms with Crippen molar-refractivity contribution in [2.24, 2.45) is 5.92 Å². The van der Waals surface area contributed by atoms with Crippen molar-refractivity contribution < 1.29 is 18.0 Å². The Kier molecular flexibility index (Phi) is 4.46. The Morgan fingerprint density at radius 3 is 2.71 bits per heavy atom. The highest BCUT2D eigenvalue weighted by atomic mass is 19.4. The number of piperidine rings is 1. The number of nitrogens with zero attached hydrogens (tertiary/aromatic N) is 3. The van der Waals surface area contributed by atoms with Crippen molar-refractivity contribution in [1.29, 1.82) is 0 Å². The van der Waals surface area contributed by atoms with Crippen molar-refractivity contribution in [3.63, 3.8) is 0 Å². The van der Waals surface area contributed by atoms with Crippen LogP contribution in [0.25, 0.3) is 5.69 Å². The number of likely N-dealkylation sites (tertiary alicyclic amines) is 1. The summed E-state index contributed by atoms with van der Waals surface area (Å²) in [5.74, 6) is -1.45. The maximum absolute atomic E-state index is 12.8. The monoisotopic (exact) mass is 338 g/mol. The van der Waals surface area contributed by atoms with E-state index in [1.54, 1.807) is 10.9 Å². The fourth-order valence-electron chi connectivity index (χ4n) is 2.74. The molecule has 24 heavy (non-hydrogen) atoms. The molecule has 8 heteroatoms. The molecule has 2 heterocycles. The van der Waals surface area contributed by atoms with E-state index < -0.39 is 18.1 Å². The van der Waals surface area contributed by atoms with Gasteiger partial charge in [-0.25, -0.2) is 9.48 Å². The van der Waals surface area contributed by atoms with Crippen LogP contribution >= 0.6 is 0 Å². The van der Waals surface area contributed by atoms with E-state index in [1.165, 1.54) is 11.1 Å². The molecule has 1 aliphatic rings. The zero-order chi connectivity index (χ0) is 17.2. The Hall–Kier alpha value is -2.51. The van der Waals surface area contributed by atoms with Crippen molar-refractivity contribution in [3.8, 4) is 5.69 Å². The number of carbonyl (C=O) groups excluding carboxylic acids is 1. The lowest BCUT2D eigenvalue weighted by molar-refractivity contribution is -0.183. The summed E-state index contributed by atoms with van der Waals surface area (Å²) in [4.78, 5) is 13.4. The molecule has 0 saturated carbocycles. The average molecular weight is 338 g/mol. The number of benzene rings is 1. The van der Waals surface area contributed by atoms with Crippen molar-refractivity contribution in [1.82, 2.24) is 14.7 Å². The molecule has 0 aliphatic carbocycles. The molecule has 0 unspecified atom stereocenters. The summed E-state index contributed by atoms with van der Waals surface area (Å²) >= 11 is 0. The lowest BCUT2D eigenvalue weighted by atomic mass is 9.98. The topological polar surface area (TPSA) is 50.2 Å². The Labute approximate surface area is 137 Å². The number of nitrogens with one attached hydrogen (secondary N) is 1. The van der Waals surface area contributed by atoms with Gasteiger partial charge in [0.15, 0.2) is 0 Å². The van der Waals surface area contributed by atoms with Crippen LogP contribution in [0.15, 0.2) is 42.7 Å². The van der Waals surface area contributed by atoms with Gasteiger partial charge >= 0.3 is 12.2 Å². The van der Waals surface area contributed by atoms with Crippen LogP contribution in [0.5, 0.6) is 0 Å². The predicted molar refractivity (Wildman–Crippen MR) is 82.9 cm³/mol. The summed E-state index contributed by atoms with van der Waals surface area (Å²) in [5.41, 5.74) is 1.27. The van der Waals surface area contributed by atoms with Gasteiger partial charge in [-0.2, -0.15) is 18.3 Å². The highest BCUT2D eigenvalue weighted by molar-refractivity contribution is 5.89. The third-order valence-corrected chi connectivity index (χ3v) is 4.03. The summed E-state index contributed by atoms with van der Waals surface area (Å²) in [6.07, 6.45) is -0.758. The molecule has 1 aliphatic heterocycles. The maximum Gasteiger partial charge on any atom is 0.393 e. The van der Waals surface area contributed by atoms with E-state index in [9.17, 15) is 18.0 Å². The lowest BCUT2D eigenvalue weighted by Gasteiger charge is -2.33. The standard InChI is InChI=1S/C16H17F3N4O/c17-16(18,19)12-5-4-8-22(10-12)15(24)21-13-9-20-23(11-13)14-6-2-1-3-7-14/h1-3,6-7,9,11-12H,4-5,8,10H2,(H,21,24)/t12-/m0/s1. The molecule has 1 saturated heterocycles. The second-order valence-electron chi connectivity index (χ2n) is 5.77. The minimum absolute atomic E-state index is 0.0687. The zero-order valence-electron chi connectivity index (χ0n) is 12.8. The first-order valence-corrected chi connectivity index (χ1v) is 7.66. The van der Waals surface area contributed by atoms with Crippen LogP contribution in [0, 0.1) is 5.92 Å². The Balaban J connectivity index is 1.64. The van der Waals surface area contributed by atoms with Gasteiger partial charge in [-0.3, -0.25) is 0 Å². The third-order valence-electron chi connectivity index (χ3n) is 4.03. The quantitative estimate of drug-likeness (QED) is 0.908. The van der Waals surface area contributed by atoms with E-state index in [0.717, 1.165) is 5.69 Å². The number of para-hydroxylation sites is 1. The Morgan fingerprint density at radius 1 is 1.25 bits per heavy atom.